The van der Waals surface area contributed by atoms with Crippen molar-refractivity contribution in [2.24, 2.45) is 5.92 Å². The van der Waals surface area contributed by atoms with E-state index in [1.807, 2.05) is 0 Å². The number of nitrogens with one attached hydrogen (secondary N) is 1. The molecule has 0 bridgehead atoms. The molecule has 2 nitrogen and oxygen atoms in total. The summed E-state index contributed by atoms with van der Waals surface area (Å²) < 4.78 is 0. The van der Waals surface area contributed by atoms with Crippen molar-refractivity contribution in [3.63, 3.8) is 0 Å². The number of hydrogen-bond donors (Lipinski definition) is 1. The minimum atomic E-state index is 0.228. The second-order valence-corrected chi connectivity index (χ2v) is 3.14. The average molecular weight is 141 g/mol. The van der Waals surface area contributed by atoms with Gasteiger partial charge in [0.2, 0.25) is 5.91 Å². The Bertz CT molecular complexity index is 133. The number of hydrogen-bond acceptors (Lipinski definition) is 1. The maximum absolute atomic E-state index is 10.8. The van der Waals surface area contributed by atoms with Gasteiger partial charge in [-0.3, -0.25) is 4.79 Å². The van der Waals surface area contributed by atoms with Crippen LogP contribution in [0.15, 0.2) is 0 Å². The fourth-order valence-corrected chi connectivity index (χ4v) is 1.51. The Balaban J connectivity index is 2.38. The molecule has 1 amide bonds. The molecule has 58 valence electrons. The molecule has 1 heterocycles. The molecule has 1 aliphatic rings. The third-order valence-electron chi connectivity index (χ3n) is 2.14. The molecule has 0 saturated carbocycles. The molecular formula is C8H15NO. The van der Waals surface area contributed by atoms with E-state index >= 15 is 0 Å². The smallest absolute Gasteiger partial charge is 0.220 e. The molecule has 2 atom stereocenters. The van der Waals surface area contributed by atoms with Crippen LogP contribution in [0.2, 0.25) is 0 Å². The number of carbonyl (C=O) groups excluding carboxylic acids is 1. The van der Waals surface area contributed by atoms with E-state index in [-0.39, 0.29) is 5.91 Å². The van der Waals surface area contributed by atoms with Crippen LogP contribution < -0.4 is 5.32 Å². The Kier molecular flexibility index (Phi) is 2.30. The predicted molar refractivity (Wildman–Crippen MR) is 40.6 cm³/mol. The lowest BCUT2D eigenvalue weighted by Crippen LogP contribution is -2.27. The van der Waals surface area contributed by atoms with E-state index < -0.39 is 0 Å². The van der Waals surface area contributed by atoms with Crippen LogP contribution in [0.25, 0.3) is 0 Å². The normalized spacial score (nSPS) is 32.4. The van der Waals surface area contributed by atoms with Crippen molar-refractivity contribution in [1.29, 1.82) is 0 Å². The largest absolute Gasteiger partial charge is 0.353 e. The summed E-state index contributed by atoms with van der Waals surface area (Å²) in [5.74, 6) is 0.776. The van der Waals surface area contributed by atoms with Crippen LogP contribution in [-0.2, 0) is 4.79 Å². The SMILES string of the molecule is CCCC1NC(=O)CC1C. The topological polar surface area (TPSA) is 29.1 Å². The molecule has 0 radical (unpaired) electrons. The van der Waals surface area contributed by atoms with Crippen molar-refractivity contribution >= 4 is 5.91 Å². The first-order valence-electron chi connectivity index (χ1n) is 4.03. The highest BCUT2D eigenvalue weighted by atomic mass is 16.1. The monoisotopic (exact) mass is 141 g/mol. The zero-order valence-electron chi connectivity index (χ0n) is 6.68. The number of rotatable bonds is 2. The molecule has 2 heteroatoms. The highest BCUT2D eigenvalue weighted by Gasteiger charge is 2.27. The number of carbonyl (C=O) groups is 1. The molecule has 0 aromatic heterocycles. The van der Waals surface area contributed by atoms with E-state index in [0.29, 0.717) is 12.0 Å². The fraction of sp³-hybridized carbons (Fsp3) is 0.875. The van der Waals surface area contributed by atoms with E-state index in [4.69, 9.17) is 0 Å². The van der Waals surface area contributed by atoms with Crippen molar-refractivity contribution < 1.29 is 4.79 Å². The zero-order valence-corrected chi connectivity index (χ0v) is 6.68. The standard InChI is InChI=1S/C8H15NO/c1-3-4-7-6(2)5-8(10)9-7/h6-7H,3-5H2,1-2H3,(H,9,10). The lowest BCUT2D eigenvalue weighted by molar-refractivity contribution is -0.119. The molecule has 0 aromatic carbocycles. The van der Waals surface area contributed by atoms with E-state index in [9.17, 15) is 4.79 Å². The Morgan fingerprint density at radius 2 is 2.40 bits per heavy atom. The summed E-state index contributed by atoms with van der Waals surface area (Å²) in [6.45, 7) is 4.29. The Morgan fingerprint density at radius 3 is 2.80 bits per heavy atom. The maximum Gasteiger partial charge on any atom is 0.220 e. The second-order valence-electron chi connectivity index (χ2n) is 3.14. The highest BCUT2D eigenvalue weighted by molar-refractivity contribution is 5.78. The average Bonchev–Trinajstić information content (AvgIpc) is 2.13. The molecule has 1 N–H and O–H groups in total. The van der Waals surface area contributed by atoms with Crippen molar-refractivity contribution in [2.45, 2.75) is 39.2 Å². The van der Waals surface area contributed by atoms with Crippen LogP contribution in [0.4, 0.5) is 0 Å². The van der Waals surface area contributed by atoms with Crippen LogP contribution in [0.3, 0.4) is 0 Å². The minimum absolute atomic E-state index is 0.228. The Labute approximate surface area is 62.0 Å². The van der Waals surface area contributed by atoms with E-state index in [1.165, 1.54) is 0 Å². The quantitative estimate of drug-likeness (QED) is 0.617. The summed E-state index contributed by atoms with van der Waals surface area (Å²) in [6.07, 6.45) is 3.02. The first kappa shape index (κ1) is 7.58. The molecule has 1 rings (SSSR count). The molecule has 0 spiro atoms. The van der Waals surface area contributed by atoms with Crippen LogP contribution in [0, 0.1) is 5.92 Å². The molecule has 0 aromatic rings. The van der Waals surface area contributed by atoms with E-state index in [0.717, 1.165) is 19.3 Å². The van der Waals surface area contributed by atoms with Gasteiger partial charge in [0.1, 0.15) is 0 Å². The lowest BCUT2D eigenvalue weighted by atomic mass is 9.99. The van der Waals surface area contributed by atoms with Gasteiger partial charge in [0, 0.05) is 12.5 Å². The van der Waals surface area contributed by atoms with E-state index in [1.54, 1.807) is 0 Å². The van der Waals surface area contributed by atoms with Crippen molar-refractivity contribution in [1.82, 2.24) is 5.32 Å². The maximum atomic E-state index is 10.8. The van der Waals surface area contributed by atoms with Gasteiger partial charge in [0.15, 0.2) is 0 Å². The summed E-state index contributed by atoms with van der Waals surface area (Å²) in [5.41, 5.74) is 0. The molecular weight excluding hydrogens is 126 g/mol. The minimum Gasteiger partial charge on any atom is -0.353 e. The summed E-state index contributed by atoms with van der Waals surface area (Å²) in [6, 6.07) is 0.456. The van der Waals surface area contributed by atoms with Gasteiger partial charge < -0.3 is 5.32 Å². The van der Waals surface area contributed by atoms with Crippen LogP contribution >= 0.6 is 0 Å². The van der Waals surface area contributed by atoms with Gasteiger partial charge in [-0.1, -0.05) is 20.3 Å². The van der Waals surface area contributed by atoms with Crippen LogP contribution in [-0.4, -0.2) is 11.9 Å². The van der Waals surface area contributed by atoms with Crippen LogP contribution in [0.1, 0.15) is 33.1 Å². The molecule has 1 aliphatic heterocycles. The van der Waals surface area contributed by atoms with Crippen molar-refractivity contribution in [3.8, 4) is 0 Å². The first-order valence-corrected chi connectivity index (χ1v) is 4.03. The van der Waals surface area contributed by atoms with Crippen LogP contribution in [0.5, 0.6) is 0 Å². The molecule has 0 aliphatic carbocycles. The molecule has 10 heavy (non-hydrogen) atoms. The van der Waals surface area contributed by atoms with Crippen molar-refractivity contribution in [3.05, 3.63) is 0 Å². The molecule has 2 unspecified atom stereocenters. The third-order valence-corrected chi connectivity index (χ3v) is 2.14. The van der Waals surface area contributed by atoms with Gasteiger partial charge in [0.25, 0.3) is 0 Å². The van der Waals surface area contributed by atoms with Crippen molar-refractivity contribution in [2.75, 3.05) is 0 Å². The van der Waals surface area contributed by atoms with Gasteiger partial charge in [-0.05, 0) is 12.3 Å². The summed E-state index contributed by atoms with van der Waals surface area (Å²) in [5, 5.41) is 2.97. The van der Waals surface area contributed by atoms with Gasteiger partial charge in [0.05, 0.1) is 0 Å². The molecule has 1 saturated heterocycles. The summed E-state index contributed by atoms with van der Waals surface area (Å²) in [4.78, 5) is 10.8. The predicted octanol–water partition coefficient (Wildman–Crippen LogP) is 1.31. The van der Waals surface area contributed by atoms with Gasteiger partial charge in [-0.25, -0.2) is 0 Å². The fourth-order valence-electron chi connectivity index (χ4n) is 1.51. The second kappa shape index (κ2) is 3.04. The summed E-state index contributed by atoms with van der Waals surface area (Å²) >= 11 is 0. The van der Waals surface area contributed by atoms with Gasteiger partial charge in [-0.2, -0.15) is 0 Å². The van der Waals surface area contributed by atoms with E-state index in [2.05, 4.69) is 19.2 Å². The first-order chi connectivity index (χ1) is 4.74. The van der Waals surface area contributed by atoms with Gasteiger partial charge >= 0.3 is 0 Å². The lowest BCUT2D eigenvalue weighted by Gasteiger charge is -2.12. The highest BCUT2D eigenvalue weighted by Crippen LogP contribution is 2.18. The van der Waals surface area contributed by atoms with Gasteiger partial charge in [-0.15, -0.1) is 0 Å². The number of amides is 1. The molecule has 1 fully saturated rings. The Hall–Kier alpha value is -0.530. The zero-order chi connectivity index (χ0) is 7.56. The summed E-state index contributed by atoms with van der Waals surface area (Å²) in [7, 11) is 0. The Morgan fingerprint density at radius 1 is 1.70 bits per heavy atom. The third kappa shape index (κ3) is 1.49.